The van der Waals surface area contributed by atoms with Gasteiger partial charge < -0.3 is 9.64 Å². The lowest BCUT2D eigenvalue weighted by molar-refractivity contribution is -0.117. The Morgan fingerprint density at radius 3 is 2.55 bits per heavy atom. The average molecular weight is 295 g/mol. The molecule has 2 aromatic carbocycles. The molecule has 1 heterocycles. The molecule has 2 aromatic rings. The number of methoxy groups -OCH3 is 1. The van der Waals surface area contributed by atoms with Crippen LogP contribution in [0.1, 0.15) is 21.5 Å². The van der Waals surface area contributed by atoms with Gasteiger partial charge in [-0.3, -0.25) is 4.79 Å². The van der Waals surface area contributed by atoms with E-state index in [1.807, 2.05) is 47.4 Å². The molecule has 0 fully saturated rings. The van der Waals surface area contributed by atoms with Crippen LogP contribution in [0.5, 0.6) is 0 Å². The van der Waals surface area contributed by atoms with Crippen LogP contribution in [0.3, 0.4) is 0 Å². The lowest BCUT2D eigenvalue weighted by atomic mass is 10.0. The fourth-order valence-electron chi connectivity index (χ4n) is 2.75. The molecule has 0 aliphatic carbocycles. The van der Waals surface area contributed by atoms with Gasteiger partial charge >= 0.3 is 5.97 Å². The van der Waals surface area contributed by atoms with Gasteiger partial charge in [-0.2, -0.15) is 0 Å². The smallest absolute Gasteiger partial charge is 0.337 e. The maximum Gasteiger partial charge on any atom is 0.337 e. The van der Waals surface area contributed by atoms with Gasteiger partial charge in [0, 0.05) is 18.7 Å². The minimum absolute atomic E-state index is 0.174. The standard InChI is InChI=1S/C18H17NO3/c1-22-18(21)14-8-7-13-10-17(20)12-19(11-15(13)9-14)16-5-3-2-4-6-16/h2-9H,10-12H2,1H3. The molecule has 1 aliphatic rings. The number of esters is 1. The fourth-order valence-corrected chi connectivity index (χ4v) is 2.75. The molecule has 4 nitrogen and oxygen atoms in total. The third-order valence-electron chi connectivity index (χ3n) is 3.86. The van der Waals surface area contributed by atoms with Gasteiger partial charge in [-0.1, -0.05) is 24.3 Å². The third-order valence-corrected chi connectivity index (χ3v) is 3.86. The first-order chi connectivity index (χ1) is 10.7. The molecule has 0 saturated carbocycles. The van der Waals surface area contributed by atoms with Crippen LogP contribution < -0.4 is 4.90 Å². The van der Waals surface area contributed by atoms with Crippen molar-refractivity contribution >= 4 is 17.4 Å². The van der Waals surface area contributed by atoms with Gasteiger partial charge in [-0.15, -0.1) is 0 Å². The van der Waals surface area contributed by atoms with E-state index >= 15 is 0 Å². The van der Waals surface area contributed by atoms with Crippen molar-refractivity contribution in [2.45, 2.75) is 13.0 Å². The second-order valence-electron chi connectivity index (χ2n) is 5.38. The largest absolute Gasteiger partial charge is 0.465 e. The first-order valence-corrected chi connectivity index (χ1v) is 7.19. The van der Waals surface area contributed by atoms with E-state index in [9.17, 15) is 9.59 Å². The Kier molecular flexibility index (Phi) is 3.92. The molecule has 0 radical (unpaired) electrons. The van der Waals surface area contributed by atoms with Crippen molar-refractivity contribution in [3.63, 3.8) is 0 Å². The van der Waals surface area contributed by atoms with E-state index < -0.39 is 0 Å². The number of benzene rings is 2. The van der Waals surface area contributed by atoms with Crippen molar-refractivity contribution < 1.29 is 14.3 Å². The quantitative estimate of drug-likeness (QED) is 0.799. The lowest BCUT2D eigenvalue weighted by Gasteiger charge is -2.22. The summed E-state index contributed by atoms with van der Waals surface area (Å²) in [6.07, 6.45) is 0.403. The summed E-state index contributed by atoms with van der Waals surface area (Å²) in [5, 5.41) is 0. The number of ketones is 1. The Labute approximate surface area is 129 Å². The molecule has 0 aromatic heterocycles. The summed E-state index contributed by atoms with van der Waals surface area (Å²) in [7, 11) is 1.37. The second kappa shape index (κ2) is 6.02. The molecular formula is C18H17NO3. The van der Waals surface area contributed by atoms with E-state index in [2.05, 4.69) is 0 Å². The van der Waals surface area contributed by atoms with Gasteiger partial charge in [0.15, 0.2) is 5.78 Å². The molecule has 3 rings (SSSR count). The number of anilines is 1. The number of hydrogen-bond donors (Lipinski definition) is 0. The monoisotopic (exact) mass is 295 g/mol. The number of carbonyl (C=O) groups excluding carboxylic acids is 2. The van der Waals surface area contributed by atoms with E-state index in [0.29, 0.717) is 25.1 Å². The van der Waals surface area contributed by atoms with Crippen LogP contribution in [-0.2, 0) is 22.5 Å². The zero-order chi connectivity index (χ0) is 15.5. The SMILES string of the molecule is COC(=O)c1ccc2c(c1)CN(c1ccccc1)CC(=O)C2. The summed E-state index contributed by atoms with van der Waals surface area (Å²) in [5.74, 6) is -0.182. The van der Waals surface area contributed by atoms with E-state index in [0.717, 1.165) is 16.8 Å². The predicted octanol–water partition coefficient (Wildman–Crippen LogP) is 2.61. The van der Waals surface area contributed by atoms with Crippen molar-refractivity contribution in [3.05, 3.63) is 65.2 Å². The van der Waals surface area contributed by atoms with Crippen LogP contribution in [0.15, 0.2) is 48.5 Å². The minimum Gasteiger partial charge on any atom is -0.465 e. The van der Waals surface area contributed by atoms with Crippen molar-refractivity contribution in [1.82, 2.24) is 0 Å². The number of ether oxygens (including phenoxy) is 1. The first kappa shape index (κ1) is 14.3. The fraction of sp³-hybridized carbons (Fsp3) is 0.222. The van der Waals surface area contributed by atoms with Crippen LogP contribution in [0, 0.1) is 0 Å². The van der Waals surface area contributed by atoms with E-state index in [1.54, 1.807) is 6.07 Å². The van der Waals surface area contributed by atoms with Gasteiger partial charge in [0.25, 0.3) is 0 Å². The first-order valence-electron chi connectivity index (χ1n) is 7.19. The third kappa shape index (κ3) is 2.86. The highest BCUT2D eigenvalue weighted by molar-refractivity contribution is 5.91. The van der Waals surface area contributed by atoms with Crippen LogP contribution in [-0.4, -0.2) is 25.4 Å². The highest BCUT2D eigenvalue weighted by Crippen LogP contribution is 2.23. The number of carbonyl (C=O) groups is 2. The van der Waals surface area contributed by atoms with Gasteiger partial charge in [0.2, 0.25) is 0 Å². The number of rotatable bonds is 2. The molecule has 0 N–H and O–H groups in total. The summed E-state index contributed by atoms with van der Waals surface area (Å²) in [4.78, 5) is 25.9. The van der Waals surface area contributed by atoms with Crippen LogP contribution >= 0.6 is 0 Å². The maximum absolute atomic E-state index is 12.2. The molecular weight excluding hydrogens is 278 g/mol. The van der Waals surface area contributed by atoms with Crippen molar-refractivity contribution in [1.29, 1.82) is 0 Å². The highest BCUT2D eigenvalue weighted by atomic mass is 16.5. The highest BCUT2D eigenvalue weighted by Gasteiger charge is 2.21. The van der Waals surface area contributed by atoms with Gasteiger partial charge in [-0.05, 0) is 35.4 Å². The molecule has 0 bridgehead atoms. The Morgan fingerprint density at radius 2 is 1.82 bits per heavy atom. The van der Waals surface area contributed by atoms with Crippen LogP contribution in [0.2, 0.25) is 0 Å². The molecule has 1 aliphatic heterocycles. The maximum atomic E-state index is 12.2. The summed E-state index contributed by atoms with van der Waals surface area (Å²) in [5.41, 5.74) is 3.50. The Hall–Kier alpha value is -2.62. The molecule has 0 spiro atoms. The summed E-state index contributed by atoms with van der Waals surface area (Å²) >= 11 is 0. The topological polar surface area (TPSA) is 46.6 Å². The number of fused-ring (bicyclic) bond motifs is 1. The molecule has 112 valence electrons. The predicted molar refractivity (Wildman–Crippen MR) is 84.0 cm³/mol. The average Bonchev–Trinajstić information content (AvgIpc) is 2.72. The molecule has 4 heteroatoms. The van der Waals surface area contributed by atoms with Gasteiger partial charge in [0.05, 0.1) is 19.2 Å². The van der Waals surface area contributed by atoms with Gasteiger partial charge in [0.1, 0.15) is 0 Å². The lowest BCUT2D eigenvalue weighted by Crippen LogP contribution is -2.27. The normalized spacial score (nSPS) is 14.2. The summed E-state index contributed by atoms with van der Waals surface area (Å²) in [6, 6.07) is 15.2. The molecule has 0 saturated heterocycles. The molecule has 22 heavy (non-hydrogen) atoms. The van der Waals surface area contributed by atoms with E-state index in [1.165, 1.54) is 7.11 Å². The summed E-state index contributed by atoms with van der Waals surface area (Å²) < 4.78 is 4.77. The Bertz CT molecular complexity index is 710. The number of hydrogen-bond acceptors (Lipinski definition) is 4. The molecule has 0 amide bonds. The number of para-hydroxylation sites is 1. The van der Waals surface area contributed by atoms with Crippen molar-refractivity contribution in [3.8, 4) is 0 Å². The van der Waals surface area contributed by atoms with Crippen LogP contribution in [0.25, 0.3) is 0 Å². The van der Waals surface area contributed by atoms with E-state index in [4.69, 9.17) is 4.74 Å². The zero-order valence-corrected chi connectivity index (χ0v) is 12.4. The Morgan fingerprint density at radius 1 is 1.05 bits per heavy atom. The zero-order valence-electron chi connectivity index (χ0n) is 12.4. The summed E-state index contributed by atoms with van der Waals surface area (Å²) in [6.45, 7) is 0.988. The second-order valence-corrected chi connectivity index (χ2v) is 5.38. The number of Topliss-reactive ketones (excluding diaryl/α,β-unsaturated/α-hetero) is 1. The van der Waals surface area contributed by atoms with Crippen LogP contribution in [0.4, 0.5) is 5.69 Å². The van der Waals surface area contributed by atoms with E-state index in [-0.39, 0.29) is 11.8 Å². The minimum atomic E-state index is -0.357. The Balaban J connectivity index is 1.98. The van der Waals surface area contributed by atoms with Crippen molar-refractivity contribution in [2.75, 3.05) is 18.6 Å². The van der Waals surface area contributed by atoms with Gasteiger partial charge in [-0.25, -0.2) is 4.79 Å². The molecule has 0 unspecified atom stereocenters. The number of nitrogens with zero attached hydrogens (tertiary/aromatic N) is 1. The molecule has 0 atom stereocenters. The van der Waals surface area contributed by atoms with Crippen molar-refractivity contribution in [2.24, 2.45) is 0 Å².